The van der Waals surface area contributed by atoms with E-state index in [2.05, 4.69) is 10.1 Å². The van der Waals surface area contributed by atoms with E-state index >= 15 is 0 Å². The van der Waals surface area contributed by atoms with Crippen LogP contribution in [-0.2, 0) is 4.79 Å². The van der Waals surface area contributed by atoms with Crippen molar-refractivity contribution in [3.05, 3.63) is 11.7 Å². The van der Waals surface area contributed by atoms with Crippen molar-refractivity contribution in [2.24, 2.45) is 5.92 Å². The predicted octanol–water partition coefficient (Wildman–Crippen LogP) is 1.77. The van der Waals surface area contributed by atoms with Crippen molar-refractivity contribution in [3.8, 4) is 0 Å². The van der Waals surface area contributed by atoms with Gasteiger partial charge < -0.3 is 9.42 Å². The van der Waals surface area contributed by atoms with Crippen molar-refractivity contribution >= 4 is 5.91 Å². The first-order valence-electron chi connectivity index (χ1n) is 6.11. The van der Waals surface area contributed by atoms with Gasteiger partial charge in [0.05, 0.1) is 5.92 Å². The van der Waals surface area contributed by atoms with Crippen LogP contribution in [0.1, 0.15) is 51.2 Å². The van der Waals surface area contributed by atoms with Crippen LogP contribution in [0.3, 0.4) is 0 Å². The molecule has 1 aliphatic heterocycles. The molecule has 1 saturated heterocycles. The van der Waals surface area contributed by atoms with Gasteiger partial charge in [-0.05, 0) is 0 Å². The summed E-state index contributed by atoms with van der Waals surface area (Å²) in [5.74, 6) is 2.17. The number of carbonyl (C=O) groups excluding carboxylic acids is 1. The fourth-order valence-electron chi connectivity index (χ4n) is 1.83. The predicted molar refractivity (Wildman–Crippen MR) is 62.5 cm³/mol. The molecule has 5 heteroatoms. The summed E-state index contributed by atoms with van der Waals surface area (Å²) in [5, 5.41) is 3.93. The Morgan fingerprint density at radius 1 is 1.35 bits per heavy atom. The molecule has 1 fully saturated rings. The van der Waals surface area contributed by atoms with Gasteiger partial charge in [0.25, 0.3) is 0 Å². The van der Waals surface area contributed by atoms with E-state index in [1.54, 1.807) is 0 Å². The lowest BCUT2D eigenvalue weighted by Gasteiger charge is -2.38. The zero-order valence-electron chi connectivity index (χ0n) is 10.8. The molecule has 0 N–H and O–H groups in total. The van der Waals surface area contributed by atoms with E-state index in [9.17, 15) is 4.79 Å². The van der Waals surface area contributed by atoms with Crippen LogP contribution >= 0.6 is 0 Å². The molecule has 0 atom stereocenters. The summed E-state index contributed by atoms with van der Waals surface area (Å²) in [5.41, 5.74) is 0. The van der Waals surface area contributed by atoms with Gasteiger partial charge >= 0.3 is 0 Å². The molecular formula is C12H19N3O2. The van der Waals surface area contributed by atoms with Gasteiger partial charge in [0, 0.05) is 24.9 Å². The fraction of sp³-hybridized carbons (Fsp3) is 0.750. The Kier molecular flexibility index (Phi) is 3.17. The molecule has 0 unspecified atom stereocenters. The van der Waals surface area contributed by atoms with Gasteiger partial charge in [-0.3, -0.25) is 4.79 Å². The minimum atomic E-state index is 0.0601. The highest BCUT2D eigenvalue weighted by Crippen LogP contribution is 2.27. The molecule has 0 saturated carbocycles. The van der Waals surface area contributed by atoms with Crippen LogP contribution in [0.15, 0.2) is 4.52 Å². The number of carbonyl (C=O) groups is 1. The minimum Gasteiger partial charge on any atom is -0.341 e. The number of aromatic nitrogens is 2. The molecular weight excluding hydrogens is 218 g/mol. The molecule has 17 heavy (non-hydrogen) atoms. The summed E-state index contributed by atoms with van der Waals surface area (Å²) in [4.78, 5) is 17.9. The van der Waals surface area contributed by atoms with E-state index in [1.807, 2.05) is 32.6 Å². The summed E-state index contributed by atoms with van der Waals surface area (Å²) < 4.78 is 5.22. The molecule has 1 aromatic rings. The van der Waals surface area contributed by atoms with E-state index in [0.29, 0.717) is 19.0 Å². The van der Waals surface area contributed by atoms with Gasteiger partial charge in [0.1, 0.15) is 0 Å². The smallest absolute Gasteiger partial charge is 0.233 e. The van der Waals surface area contributed by atoms with Crippen molar-refractivity contribution in [2.45, 2.75) is 39.5 Å². The first-order valence-corrected chi connectivity index (χ1v) is 6.11. The average Bonchev–Trinajstić information content (AvgIpc) is 2.64. The first-order chi connectivity index (χ1) is 7.99. The van der Waals surface area contributed by atoms with Crippen molar-refractivity contribution in [1.29, 1.82) is 0 Å². The zero-order chi connectivity index (χ0) is 12.6. The Morgan fingerprint density at radius 2 is 2.00 bits per heavy atom. The highest BCUT2D eigenvalue weighted by Gasteiger charge is 2.36. The number of hydrogen-bond donors (Lipinski definition) is 0. The zero-order valence-corrected chi connectivity index (χ0v) is 10.8. The lowest BCUT2D eigenvalue weighted by atomic mass is 9.98. The van der Waals surface area contributed by atoms with E-state index in [4.69, 9.17) is 4.52 Å². The summed E-state index contributed by atoms with van der Waals surface area (Å²) in [7, 11) is 0. The van der Waals surface area contributed by atoms with E-state index in [-0.39, 0.29) is 23.7 Å². The van der Waals surface area contributed by atoms with Crippen LogP contribution in [0.25, 0.3) is 0 Å². The molecule has 1 amide bonds. The molecule has 5 nitrogen and oxygen atoms in total. The lowest BCUT2D eigenvalue weighted by Crippen LogP contribution is -2.50. The van der Waals surface area contributed by atoms with Crippen LogP contribution < -0.4 is 0 Å². The molecule has 0 spiro atoms. The Hall–Kier alpha value is -1.39. The van der Waals surface area contributed by atoms with Gasteiger partial charge in [-0.2, -0.15) is 4.98 Å². The maximum Gasteiger partial charge on any atom is 0.233 e. The second-order valence-electron chi connectivity index (χ2n) is 5.24. The van der Waals surface area contributed by atoms with Crippen LogP contribution in [0, 0.1) is 5.92 Å². The number of likely N-dealkylation sites (tertiary alicyclic amines) is 1. The highest BCUT2D eigenvalue weighted by molar-refractivity contribution is 5.79. The van der Waals surface area contributed by atoms with Crippen LogP contribution in [0.2, 0.25) is 0 Å². The Bertz CT molecular complexity index is 406. The Balaban J connectivity index is 1.93. The number of amides is 1. The normalized spacial score (nSPS) is 16.7. The molecule has 2 rings (SSSR count). The quantitative estimate of drug-likeness (QED) is 0.804. The average molecular weight is 237 g/mol. The van der Waals surface area contributed by atoms with Crippen molar-refractivity contribution in [3.63, 3.8) is 0 Å². The molecule has 2 heterocycles. The maximum atomic E-state index is 11.7. The second kappa shape index (κ2) is 4.47. The number of nitrogens with zero attached hydrogens (tertiary/aromatic N) is 3. The van der Waals surface area contributed by atoms with Gasteiger partial charge in [0.2, 0.25) is 11.8 Å². The standard InChI is InChI=1S/C12H19N3O2/c1-7(2)10-13-11(17-14-10)9-5-15(6-9)12(16)8(3)4/h7-9H,5-6H2,1-4H3. The molecule has 94 valence electrons. The highest BCUT2D eigenvalue weighted by atomic mass is 16.5. The Morgan fingerprint density at radius 3 is 2.47 bits per heavy atom. The van der Waals surface area contributed by atoms with Gasteiger partial charge in [-0.25, -0.2) is 0 Å². The third-order valence-electron chi connectivity index (χ3n) is 3.01. The van der Waals surface area contributed by atoms with E-state index in [1.165, 1.54) is 0 Å². The van der Waals surface area contributed by atoms with E-state index in [0.717, 1.165) is 5.82 Å². The third-order valence-corrected chi connectivity index (χ3v) is 3.01. The summed E-state index contributed by atoms with van der Waals surface area (Å²) >= 11 is 0. The van der Waals surface area contributed by atoms with Crippen LogP contribution in [-0.4, -0.2) is 34.0 Å². The largest absolute Gasteiger partial charge is 0.341 e. The Labute approximate surface area is 101 Å². The van der Waals surface area contributed by atoms with Gasteiger partial charge in [-0.15, -0.1) is 0 Å². The summed E-state index contributed by atoms with van der Waals surface area (Å²) in [6, 6.07) is 0. The molecule has 0 radical (unpaired) electrons. The first kappa shape index (κ1) is 12.1. The number of hydrogen-bond acceptors (Lipinski definition) is 4. The van der Waals surface area contributed by atoms with E-state index < -0.39 is 0 Å². The van der Waals surface area contributed by atoms with Gasteiger partial charge in [-0.1, -0.05) is 32.9 Å². The topological polar surface area (TPSA) is 59.2 Å². The summed E-state index contributed by atoms with van der Waals surface area (Å²) in [6.07, 6.45) is 0. The molecule has 0 aliphatic carbocycles. The number of rotatable bonds is 3. The molecule has 1 aromatic heterocycles. The maximum absolute atomic E-state index is 11.7. The van der Waals surface area contributed by atoms with Crippen molar-refractivity contribution < 1.29 is 9.32 Å². The van der Waals surface area contributed by atoms with Crippen molar-refractivity contribution in [1.82, 2.24) is 15.0 Å². The molecule has 1 aliphatic rings. The molecule has 0 aromatic carbocycles. The van der Waals surface area contributed by atoms with Crippen LogP contribution in [0.4, 0.5) is 0 Å². The van der Waals surface area contributed by atoms with Crippen LogP contribution in [0.5, 0.6) is 0 Å². The monoisotopic (exact) mass is 237 g/mol. The SMILES string of the molecule is CC(C)C(=O)N1CC(c2nc(C(C)C)no2)C1. The second-order valence-corrected chi connectivity index (χ2v) is 5.24. The fourth-order valence-corrected chi connectivity index (χ4v) is 1.83. The summed E-state index contributed by atoms with van der Waals surface area (Å²) in [6.45, 7) is 9.31. The van der Waals surface area contributed by atoms with Crippen molar-refractivity contribution in [2.75, 3.05) is 13.1 Å². The molecule has 0 bridgehead atoms. The lowest BCUT2D eigenvalue weighted by molar-refractivity contribution is -0.139. The third kappa shape index (κ3) is 2.33. The minimum absolute atomic E-state index is 0.0601. The van der Waals surface area contributed by atoms with Gasteiger partial charge in [0.15, 0.2) is 5.82 Å².